The minimum atomic E-state index is -0.506. The topological polar surface area (TPSA) is 38.7 Å². The van der Waals surface area contributed by atoms with Gasteiger partial charge >= 0.3 is 0 Å². The van der Waals surface area contributed by atoms with Gasteiger partial charge in [0, 0.05) is 18.0 Å². The predicted molar refractivity (Wildman–Crippen MR) is 126 cm³/mol. The van der Waals surface area contributed by atoms with E-state index in [0.29, 0.717) is 8.58 Å². The first-order valence-electron chi connectivity index (χ1n) is 10.2. The van der Waals surface area contributed by atoms with Crippen molar-refractivity contribution in [1.29, 1.82) is 0 Å². The molecule has 0 fully saturated rings. The summed E-state index contributed by atoms with van der Waals surface area (Å²) in [6, 6.07) is 10.9. The summed E-state index contributed by atoms with van der Waals surface area (Å²) < 4.78 is 11.4. The smallest absolute Gasteiger partial charge is 0.188 e. The molecule has 2 aromatic carbocycles. The standard InChI is InChI=1S/C25H37O3P/c1-16-10-11-21(19(12-16)17(2)26)29-22-14-18(24(3,4)5)13-20(25(6,7)8)23(22)28-15-27-9/h10-14,17,26,29H,15H2,1-9H3. The van der Waals surface area contributed by atoms with Gasteiger partial charge in [-0.2, -0.15) is 0 Å². The van der Waals surface area contributed by atoms with E-state index in [1.165, 1.54) is 11.1 Å². The predicted octanol–water partition coefficient (Wildman–Crippen LogP) is 5.26. The van der Waals surface area contributed by atoms with Crippen molar-refractivity contribution < 1.29 is 14.6 Å². The Hall–Kier alpha value is -1.41. The Bertz CT molecular complexity index is 842. The molecule has 29 heavy (non-hydrogen) atoms. The zero-order valence-corrected chi connectivity index (χ0v) is 20.4. The van der Waals surface area contributed by atoms with Gasteiger partial charge in [0.25, 0.3) is 0 Å². The van der Waals surface area contributed by atoms with Crippen LogP contribution in [0.25, 0.3) is 0 Å². The lowest BCUT2D eigenvalue weighted by atomic mass is 9.80. The molecule has 3 nitrogen and oxygen atoms in total. The molecule has 0 amide bonds. The van der Waals surface area contributed by atoms with Crippen molar-refractivity contribution in [2.45, 2.75) is 72.3 Å². The Morgan fingerprint density at radius 1 is 0.966 bits per heavy atom. The summed E-state index contributed by atoms with van der Waals surface area (Å²) in [5.74, 6) is 0.905. The zero-order chi connectivity index (χ0) is 22.0. The molecule has 0 aliphatic heterocycles. The summed E-state index contributed by atoms with van der Waals surface area (Å²) in [4.78, 5) is 0. The number of rotatable bonds is 6. The third kappa shape index (κ3) is 6.04. The molecule has 0 spiro atoms. The van der Waals surface area contributed by atoms with Crippen molar-refractivity contribution in [2.75, 3.05) is 13.9 Å². The van der Waals surface area contributed by atoms with E-state index in [0.717, 1.165) is 27.5 Å². The highest BCUT2D eigenvalue weighted by Gasteiger charge is 2.26. The number of aliphatic hydroxyl groups excluding tert-OH is 1. The van der Waals surface area contributed by atoms with Crippen LogP contribution in [0.1, 0.15) is 76.8 Å². The molecule has 0 heterocycles. The lowest BCUT2D eigenvalue weighted by Gasteiger charge is -2.29. The molecule has 2 rings (SSSR count). The highest BCUT2D eigenvalue weighted by Crippen LogP contribution is 2.37. The molecule has 160 valence electrons. The summed E-state index contributed by atoms with van der Waals surface area (Å²) >= 11 is 0. The van der Waals surface area contributed by atoms with E-state index in [1.54, 1.807) is 7.11 Å². The minimum absolute atomic E-state index is 0.0272. The fourth-order valence-corrected chi connectivity index (χ4v) is 4.70. The second-order valence-corrected chi connectivity index (χ2v) is 11.2. The van der Waals surface area contributed by atoms with Crippen LogP contribution in [0.5, 0.6) is 5.75 Å². The van der Waals surface area contributed by atoms with Crippen LogP contribution in [-0.2, 0) is 15.6 Å². The summed E-state index contributed by atoms with van der Waals surface area (Å²) in [7, 11) is 2.03. The normalized spacial score (nSPS) is 13.9. The molecule has 0 radical (unpaired) electrons. The van der Waals surface area contributed by atoms with Crippen molar-refractivity contribution >= 4 is 19.2 Å². The third-order valence-corrected chi connectivity index (χ3v) is 6.38. The van der Waals surface area contributed by atoms with Crippen molar-refractivity contribution in [3.63, 3.8) is 0 Å². The Balaban J connectivity index is 2.71. The van der Waals surface area contributed by atoms with E-state index in [9.17, 15) is 5.11 Å². The average molecular weight is 417 g/mol. The number of hydrogen-bond donors (Lipinski definition) is 1. The highest BCUT2D eigenvalue weighted by molar-refractivity contribution is 7.55. The van der Waals surface area contributed by atoms with Gasteiger partial charge < -0.3 is 14.6 Å². The first-order chi connectivity index (χ1) is 13.3. The van der Waals surface area contributed by atoms with Gasteiger partial charge in [-0.25, -0.2) is 0 Å². The van der Waals surface area contributed by atoms with Crippen LogP contribution in [0.15, 0.2) is 30.3 Å². The van der Waals surface area contributed by atoms with Crippen LogP contribution in [0.3, 0.4) is 0 Å². The molecule has 2 unspecified atom stereocenters. The Kier molecular flexibility index (Phi) is 7.54. The van der Waals surface area contributed by atoms with E-state index < -0.39 is 6.10 Å². The monoisotopic (exact) mass is 416 g/mol. The summed E-state index contributed by atoms with van der Waals surface area (Å²) in [5.41, 5.74) is 4.59. The maximum absolute atomic E-state index is 10.3. The number of aryl methyl sites for hydroxylation is 1. The number of ether oxygens (including phenoxy) is 2. The van der Waals surface area contributed by atoms with Gasteiger partial charge in [-0.05, 0) is 47.2 Å². The third-order valence-electron chi connectivity index (χ3n) is 5.01. The van der Waals surface area contributed by atoms with E-state index in [2.05, 4.69) is 78.8 Å². The quantitative estimate of drug-likeness (QED) is 0.516. The van der Waals surface area contributed by atoms with Gasteiger partial charge in [-0.3, -0.25) is 0 Å². The fraction of sp³-hybridized carbons (Fsp3) is 0.520. The van der Waals surface area contributed by atoms with Gasteiger partial charge in [-0.1, -0.05) is 80.0 Å². The molecule has 0 saturated carbocycles. The second-order valence-electron chi connectivity index (χ2n) is 9.84. The number of methoxy groups -OCH3 is 1. The molecule has 0 aliphatic carbocycles. The summed E-state index contributed by atoms with van der Waals surface area (Å²) in [6.45, 7) is 17.5. The Morgan fingerprint density at radius 3 is 2.14 bits per heavy atom. The lowest BCUT2D eigenvalue weighted by molar-refractivity contribution is 0.0506. The second kappa shape index (κ2) is 9.16. The van der Waals surface area contributed by atoms with Crippen molar-refractivity contribution in [2.24, 2.45) is 0 Å². The average Bonchev–Trinajstić information content (AvgIpc) is 2.59. The van der Waals surface area contributed by atoms with E-state index in [1.807, 2.05) is 6.92 Å². The molecule has 2 aromatic rings. The Labute approximate surface area is 178 Å². The van der Waals surface area contributed by atoms with Crippen LogP contribution in [0.4, 0.5) is 0 Å². The largest absolute Gasteiger partial charge is 0.467 e. The van der Waals surface area contributed by atoms with Gasteiger partial charge in [0.05, 0.1) is 6.10 Å². The minimum Gasteiger partial charge on any atom is -0.467 e. The molecule has 1 N–H and O–H groups in total. The highest BCUT2D eigenvalue weighted by atomic mass is 31.1. The zero-order valence-electron chi connectivity index (χ0n) is 19.4. The molecule has 0 aliphatic rings. The maximum atomic E-state index is 10.3. The van der Waals surface area contributed by atoms with Crippen LogP contribution < -0.4 is 15.3 Å². The van der Waals surface area contributed by atoms with Gasteiger partial charge in [0.15, 0.2) is 6.79 Å². The molecule has 4 heteroatoms. The molecule has 0 aromatic heterocycles. The summed E-state index contributed by atoms with van der Waals surface area (Å²) in [5, 5.41) is 12.6. The first-order valence-corrected chi connectivity index (χ1v) is 11.2. The van der Waals surface area contributed by atoms with Gasteiger partial charge in [0.2, 0.25) is 0 Å². The van der Waals surface area contributed by atoms with Crippen LogP contribution in [-0.4, -0.2) is 19.0 Å². The van der Waals surface area contributed by atoms with E-state index >= 15 is 0 Å². The molecular formula is C25H37O3P. The fourth-order valence-electron chi connectivity index (χ4n) is 3.27. The number of aliphatic hydroxyl groups is 1. The van der Waals surface area contributed by atoms with Crippen molar-refractivity contribution in [1.82, 2.24) is 0 Å². The number of hydrogen-bond acceptors (Lipinski definition) is 3. The van der Waals surface area contributed by atoms with Gasteiger partial charge in [-0.15, -0.1) is 0 Å². The SMILES string of the molecule is COCOc1c(Pc2ccc(C)cc2C(C)O)cc(C(C)(C)C)cc1C(C)(C)C. The molecule has 2 atom stereocenters. The maximum Gasteiger partial charge on any atom is 0.188 e. The molecular weight excluding hydrogens is 379 g/mol. The first kappa shape index (κ1) is 23.9. The number of benzene rings is 2. The van der Waals surface area contributed by atoms with E-state index in [-0.39, 0.29) is 17.6 Å². The Morgan fingerprint density at radius 2 is 1.62 bits per heavy atom. The van der Waals surface area contributed by atoms with Gasteiger partial charge in [0.1, 0.15) is 5.75 Å². The molecule has 0 bridgehead atoms. The van der Waals surface area contributed by atoms with Crippen molar-refractivity contribution in [3.8, 4) is 5.75 Å². The van der Waals surface area contributed by atoms with E-state index in [4.69, 9.17) is 9.47 Å². The van der Waals surface area contributed by atoms with Crippen LogP contribution in [0.2, 0.25) is 0 Å². The van der Waals surface area contributed by atoms with Crippen molar-refractivity contribution in [3.05, 3.63) is 52.6 Å². The summed E-state index contributed by atoms with van der Waals surface area (Å²) in [6.07, 6.45) is -0.506. The van der Waals surface area contributed by atoms with Crippen LogP contribution >= 0.6 is 8.58 Å². The lowest BCUT2D eigenvalue weighted by Crippen LogP contribution is -2.24. The van der Waals surface area contributed by atoms with Crippen LogP contribution in [0, 0.1) is 6.92 Å². The molecule has 0 saturated heterocycles.